The summed E-state index contributed by atoms with van der Waals surface area (Å²) in [6.45, 7) is 0. The fourth-order valence-corrected chi connectivity index (χ4v) is 0.975. The highest BCUT2D eigenvalue weighted by atomic mass is 16.5. The molecule has 0 aliphatic heterocycles. The predicted molar refractivity (Wildman–Crippen MR) is 44.1 cm³/mol. The van der Waals surface area contributed by atoms with Crippen LogP contribution in [0.5, 0.6) is 0 Å². The molecule has 0 radical (unpaired) electrons. The Morgan fingerprint density at radius 3 is 2.92 bits per heavy atom. The lowest BCUT2D eigenvalue weighted by Crippen LogP contribution is -1.88. The number of hydrogen-bond acceptors (Lipinski definition) is 4. The Morgan fingerprint density at radius 1 is 1.33 bits per heavy atom. The first kappa shape index (κ1) is 6.84. The highest BCUT2D eigenvalue weighted by molar-refractivity contribution is 5.63. The maximum atomic E-state index is 5.50. The van der Waals surface area contributed by atoms with E-state index in [2.05, 4.69) is 10.1 Å². The standard InChI is InChI=1S/C8H7N3O/c9-8-3-6(1-2-10-8)7-4-11-12-5-7/h1-5H,(H2,9,10). The molecule has 4 heteroatoms. The van der Waals surface area contributed by atoms with E-state index >= 15 is 0 Å². The van der Waals surface area contributed by atoms with Gasteiger partial charge in [0.05, 0.1) is 6.20 Å². The highest BCUT2D eigenvalue weighted by Gasteiger charge is 1.99. The summed E-state index contributed by atoms with van der Waals surface area (Å²) in [6, 6.07) is 3.62. The van der Waals surface area contributed by atoms with Gasteiger partial charge in [0.25, 0.3) is 0 Å². The molecule has 0 aliphatic rings. The van der Waals surface area contributed by atoms with Gasteiger partial charge in [0, 0.05) is 11.8 Å². The first-order valence-electron chi connectivity index (χ1n) is 3.47. The molecule has 0 aliphatic carbocycles. The lowest BCUT2D eigenvalue weighted by atomic mass is 10.1. The summed E-state index contributed by atoms with van der Waals surface area (Å²) in [6.07, 6.45) is 4.85. The molecule has 0 unspecified atom stereocenters. The molecule has 2 heterocycles. The van der Waals surface area contributed by atoms with E-state index in [1.165, 1.54) is 0 Å². The summed E-state index contributed by atoms with van der Waals surface area (Å²) in [4.78, 5) is 3.88. The van der Waals surface area contributed by atoms with Crippen molar-refractivity contribution in [1.82, 2.24) is 10.1 Å². The smallest absolute Gasteiger partial charge is 0.131 e. The van der Waals surface area contributed by atoms with Crippen LogP contribution in [0.1, 0.15) is 0 Å². The van der Waals surface area contributed by atoms with Crippen LogP contribution in [-0.4, -0.2) is 10.1 Å². The van der Waals surface area contributed by atoms with Crippen LogP contribution in [0.25, 0.3) is 11.1 Å². The normalized spacial score (nSPS) is 10.0. The van der Waals surface area contributed by atoms with E-state index < -0.39 is 0 Å². The lowest BCUT2D eigenvalue weighted by molar-refractivity contribution is 0.420. The number of nitrogen functional groups attached to an aromatic ring is 1. The number of hydrogen-bond donors (Lipinski definition) is 1. The van der Waals surface area contributed by atoms with Gasteiger partial charge in [0.2, 0.25) is 0 Å². The van der Waals surface area contributed by atoms with Crippen molar-refractivity contribution in [2.24, 2.45) is 0 Å². The van der Waals surface area contributed by atoms with Crippen molar-refractivity contribution in [2.75, 3.05) is 5.73 Å². The SMILES string of the molecule is Nc1cc(-c2cnoc2)ccn1. The summed E-state index contributed by atoms with van der Waals surface area (Å²) in [5.74, 6) is 0.494. The molecule has 60 valence electrons. The van der Waals surface area contributed by atoms with E-state index in [4.69, 9.17) is 10.3 Å². The molecule has 0 atom stereocenters. The molecular weight excluding hydrogens is 154 g/mol. The molecule has 2 rings (SSSR count). The van der Waals surface area contributed by atoms with Gasteiger partial charge in [-0.3, -0.25) is 0 Å². The molecular formula is C8H7N3O. The van der Waals surface area contributed by atoms with Crippen molar-refractivity contribution in [2.45, 2.75) is 0 Å². The zero-order valence-electron chi connectivity index (χ0n) is 6.27. The summed E-state index contributed by atoms with van der Waals surface area (Å²) >= 11 is 0. The Kier molecular flexibility index (Phi) is 1.51. The molecule has 0 saturated carbocycles. The predicted octanol–water partition coefficient (Wildman–Crippen LogP) is 1.32. The average Bonchev–Trinajstić information content (AvgIpc) is 2.56. The number of pyridine rings is 1. The van der Waals surface area contributed by atoms with Gasteiger partial charge in [0.1, 0.15) is 12.1 Å². The molecule has 0 spiro atoms. The first-order chi connectivity index (χ1) is 5.86. The molecule has 0 amide bonds. The summed E-state index contributed by atoms with van der Waals surface area (Å²) in [7, 11) is 0. The third-order valence-corrected chi connectivity index (χ3v) is 1.55. The van der Waals surface area contributed by atoms with Gasteiger partial charge in [-0.2, -0.15) is 0 Å². The maximum absolute atomic E-state index is 5.50. The molecule has 0 bridgehead atoms. The molecule has 2 aromatic rings. The number of nitrogens with two attached hydrogens (primary N) is 1. The van der Waals surface area contributed by atoms with Crippen LogP contribution in [0.2, 0.25) is 0 Å². The van der Waals surface area contributed by atoms with Gasteiger partial charge in [-0.1, -0.05) is 5.16 Å². The summed E-state index contributed by atoms with van der Waals surface area (Å²) in [5, 5.41) is 3.59. The maximum Gasteiger partial charge on any atom is 0.131 e. The third kappa shape index (κ3) is 1.14. The molecule has 12 heavy (non-hydrogen) atoms. The Balaban J connectivity index is 2.48. The minimum Gasteiger partial charge on any atom is -0.384 e. The monoisotopic (exact) mass is 161 g/mol. The number of anilines is 1. The molecule has 0 fully saturated rings. The topological polar surface area (TPSA) is 64.9 Å². The Hall–Kier alpha value is -1.84. The molecule has 0 aromatic carbocycles. The molecule has 4 nitrogen and oxygen atoms in total. The first-order valence-corrected chi connectivity index (χ1v) is 3.47. The van der Waals surface area contributed by atoms with Crippen LogP contribution in [0.15, 0.2) is 35.3 Å². The van der Waals surface area contributed by atoms with Gasteiger partial charge >= 0.3 is 0 Å². The molecule has 2 aromatic heterocycles. The minimum absolute atomic E-state index is 0.494. The van der Waals surface area contributed by atoms with Gasteiger partial charge in [-0.15, -0.1) is 0 Å². The van der Waals surface area contributed by atoms with Crippen molar-refractivity contribution in [3.63, 3.8) is 0 Å². The molecule has 0 saturated heterocycles. The quantitative estimate of drug-likeness (QED) is 0.685. The van der Waals surface area contributed by atoms with Crippen LogP contribution in [0.3, 0.4) is 0 Å². The Labute approximate surface area is 69.0 Å². The summed E-state index contributed by atoms with van der Waals surface area (Å²) < 4.78 is 4.70. The minimum atomic E-state index is 0.494. The average molecular weight is 161 g/mol. The second-order valence-electron chi connectivity index (χ2n) is 2.38. The van der Waals surface area contributed by atoms with E-state index in [0.717, 1.165) is 11.1 Å². The van der Waals surface area contributed by atoms with E-state index in [9.17, 15) is 0 Å². The van der Waals surface area contributed by atoms with E-state index in [1.807, 2.05) is 6.07 Å². The van der Waals surface area contributed by atoms with Crippen molar-refractivity contribution >= 4 is 5.82 Å². The van der Waals surface area contributed by atoms with Crippen molar-refractivity contribution in [3.8, 4) is 11.1 Å². The lowest BCUT2D eigenvalue weighted by Gasteiger charge is -1.95. The Morgan fingerprint density at radius 2 is 2.25 bits per heavy atom. The molecule has 2 N–H and O–H groups in total. The van der Waals surface area contributed by atoms with Crippen molar-refractivity contribution in [3.05, 3.63) is 30.8 Å². The van der Waals surface area contributed by atoms with Crippen LogP contribution >= 0.6 is 0 Å². The zero-order valence-corrected chi connectivity index (χ0v) is 6.27. The van der Waals surface area contributed by atoms with Crippen molar-refractivity contribution in [1.29, 1.82) is 0 Å². The van der Waals surface area contributed by atoms with Crippen LogP contribution in [0.4, 0.5) is 5.82 Å². The highest BCUT2D eigenvalue weighted by Crippen LogP contribution is 2.18. The number of rotatable bonds is 1. The van der Waals surface area contributed by atoms with Crippen LogP contribution in [-0.2, 0) is 0 Å². The Bertz CT molecular complexity index is 370. The van der Waals surface area contributed by atoms with E-state index in [1.54, 1.807) is 24.7 Å². The second kappa shape index (κ2) is 2.65. The largest absolute Gasteiger partial charge is 0.384 e. The van der Waals surface area contributed by atoms with Gasteiger partial charge < -0.3 is 10.3 Å². The van der Waals surface area contributed by atoms with Gasteiger partial charge in [-0.25, -0.2) is 4.98 Å². The van der Waals surface area contributed by atoms with Crippen LogP contribution < -0.4 is 5.73 Å². The number of nitrogens with zero attached hydrogens (tertiary/aromatic N) is 2. The second-order valence-corrected chi connectivity index (χ2v) is 2.38. The zero-order chi connectivity index (χ0) is 8.39. The third-order valence-electron chi connectivity index (χ3n) is 1.55. The number of aromatic nitrogens is 2. The van der Waals surface area contributed by atoms with Gasteiger partial charge in [0.15, 0.2) is 0 Å². The van der Waals surface area contributed by atoms with Crippen LogP contribution in [0, 0.1) is 0 Å². The van der Waals surface area contributed by atoms with E-state index in [0.29, 0.717) is 5.82 Å². The fraction of sp³-hybridized carbons (Fsp3) is 0. The van der Waals surface area contributed by atoms with Crippen molar-refractivity contribution < 1.29 is 4.52 Å². The summed E-state index contributed by atoms with van der Waals surface area (Å²) in [5.41, 5.74) is 7.37. The van der Waals surface area contributed by atoms with E-state index in [-0.39, 0.29) is 0 Å². The van der Waals surface area contributed by atoms with Gasteiger partial charge in [-0.05, 0) is 17.7 Å². The fourth-order valence-electron chi connectivity index (χ4n) is 0.975.